The Kier molecular flexibility index (Phi) is 9.44. The number of hydrogen-bond acceptors (Lipinski definition) is 6. The molecule has 1 atom stereocenters. The Bertz CT molecular complexity index is 547. The minimum absolute atomic E-state index is 0.0399. The smallest absolute Gasteiger partial charge is 0.305 e. The predicted octanol–water partition coefficient (Wildman–Crippen LogP) is 0.663. The van der Waals surface area contributed by atoms with Crippen molar-refractivity contribution in [3.05, 3.63) is 24.3 Å². The molecule has 0 aromatic heterocycles. The summed E-state index contributed by atoms with van der Waals surface area (Å²) in [6, 6.07) is 5.64. The van der Waals surface area contributed by atoms with Crippen LogP contribution in [0.4, 0.5) is 5.69 Å². The molecule has 0 bridgehead atoms. The van der Waals surface area contributed by atoms with Crippen molar-refractivity contribution in [3.8, 4) is 0 Å². The van der Waals surface area contributed by atoms with E-state index in [0.717, 1.165) is 6.42 Å². The zero-order valence-electron chi connectivity index (χ0n) is 12.6. The van der Waals surface area contributed by atoms with Gasteiger partial charge in [-0.2, -0.15) is 0 Å². The molecule has 8 nitrogen and oxygen atoms in total. The van der Waals surface area contributed by atoms with Crippen molar-refractivity contribution in [1.82, 2.24) is 0 Å². The molecule has 1 amide bonds. The number of esters is 1. The van der Waals surface area contributed by atoms with Crippen LogP contribution in [0.2, 0.25) is 0 Å². The molecule has 0 radical (unpaired) electrons. The van der Waals surface area contributed by atoms with E-state index in [2.05, 4.69) is 13.9 Å². The molecule has 1 unspecified atom stereocenters. The number of benzene rings is 1. The Morgan fingerprint density at radius 3 is 2.41 bits per heavy atom. The molecular formula is C13H20AsNO7. The number of amides is 1. The van der Waals surface area contributed by atoms with E-state index in [1.54, 1.807) is 6.07 Å². The third-order valence-electron chi connectivity index (χ3n) is 2.29. The fourth-order valence-electron chi connectivity index (χ4n) is 1.32. The molecule has 0 aliphatic heterocycles. The summed E-state index contributed by atoms with van der Waals surface area (Å²) in [5.41, 5.74) is 0.368. The Hall–Kier alpha value is -1.60. The van der Waals surface area contributed by atoms with Gasteiger partial charge in [-0.05, 0) is 6.42 Å². The van der Waals surface area contributed by atoms with Gasteiger partial charge in [0.05, 0.1) is 7.11 Å². The van der Waals surface area contributed by atoms with Gasteiger partial charge in [0.25, 0.3) is 0 Å². The Morgan fingerprint density at radius 2 is 2.00 bits per heavy atom. The van der Waals surface area contributed by atoms with E-state index in [9.17, 15) is 17.4 Å². The zero-order chi connectivity index (χ0) is 17.2. The second-order valence-corrected chi connectivity index (χ2v) is 7.77. The average Bonchev–Trinajstić information content (AvgIpc) is 2.47. The summed E-state index contributed by atoms with van der Waals surface area (Å²) >= 11 is -4.83. The van der Waals surface area contributed by atoms with Gasteiger partial charge in [0, 0.05) is 6.42 Å². The average molecular weight is 377 g/mol. The fourth-order valence-corrected chi connectivity index (χ4v) is 2.72. The van der Waals surface area contributed by atoms with Gasteiger partial charge in [-0.15, -0.1) is 0 Å². The normalized spacial score (nSPS) is 12.4. The van der Waals surface area contributed by atoms with Crippen LogP contribution in [0.1, 0.15) is 26.7 Å². The van der Waals surface area contributed by atoms with Crippen molar-refractivity contribution in [2.75, 3.05) is 12.4 Å². The number of anilines is 1. The van der Waals surface area contributed by atoms with Crippen LogP contribution in [0.15, 0.2) is 24.3 Å². The topological polar surface area (TPSA) is 122 Å². The summed E-state index contributed by atoms with van der Waals surface area (Å²) in [7, 11) is 1.40. The van der Waals surface area contributed by atoms with Gasteiger partial charge in [0.1, 0.15) is 0 Å². The molecule has 22 heavy (non-hydrogen) atoms. The van der Waals surface area contributed by atoms with Crippen molar-refractivity contribution < 1.29 is 31.3 Å². The van der Waals surface area contributed by atoms with E-state index < -0.39 is 14.2 Å². The van der Waals surface area contributed by atoms with Crippen LogP contribution in [0.25, 0.3) is 0 Å². The number of ether oxygens (including phenoxy) is 1. The van der Waals surface area contributed by atoms with Crippen LogP contribution in [0.3, 0.4) is 0 Å². The Labute approximate surface area is 131 Å². The molecule has 124 valence electrons. The largest absolute Gasteiger partial charge is 0.469 e. The van der Waals surface area contributed by atoms with Gasteiger partial charge in [-0.1, -0.05) is 6.92 Å². The van der Waals surface area contributed by atoms with E-state index in [1.165, 1.54) is 32.2 Å². The van der Waals surface area contributed by atoms with Gasteiger partial charge in [0.2, 0.25) is 0 Å². The summed E-state index contributed by atoms with van der Waals surface area (Å²) < 4.78 is 28.3. The van der Waals surface area contributed by atoms with E-state index in [-0.39, 0.29) is 16.2 Å². The molecule has 0 aliphatic rings. The molecular weight excluding hydrogens is 357 g/mol. The molecule has 1 aromatic carbocycles. The standard InChI is InChI=1S/C8H10AsNO5.C5H10O2/c1-6(11)10-8-4-2-3-7(5-8)9(12,13)15-14;1-3-4-5(6)7-2/h2-5,14H,1H3,(H,10,11)(H,12,13);3-4H2,1-2H3. The predicted molar refractivity (Wildman–Crippen MR) is 79.7 cm³/mol. The van der Waals surface area contributed by atoms with Crippen molar-refractivity contribution in [2.45, 2.75) is 26.7 Å². The van der Waals surface area contributed by atoms with Gasteiger partial charge in [-0.25, -0.2) is 0 Å². The molecule has 0 saturated carbocycles. The number of hydrogen-bond donors (Lipinski definition) is 3. The number of methoxy groups -OCH3 is 1. The first-order chi connectivity index (χ1) is 10.3. The Balaban J connectivity index is 0.000000534. The van der Waals surface area contributed by atoms with Gasteiger partial charge < -0.3 is 4.74 Å². The van der Waals surface area contributed by atoms with Crippen LogP contribution in [0.5, 0.6) is 0 Å². The molecule has 1 rings (SSSR count). The summed E-state index contributed by atoms with van der Waals surface area (Å²) in [4.78, 5) is 20.9. The quantitative estimate of drug-likeness (QED) is 0.298. The van der Waals surface area contributed by atoms with Crippen molar-refractivity contribution >= 4 is 36.1 Å². The first-order valence-electron chi connectivity index (χ1n) is 6.37. The minimum Gasteiger partial charge on any atom is -0.469 e. The number of carbonyl (C=O) groups is 2. The molecule has 9 heteroatoms. The molecule has 0 fully saturated rings. The van der Waals surface area contributed by atoms with Gasteiger partial charge >= 0.3 is 94.4 Å². The van der Waals surface area contributed by atoms with Gasteiger partial charge in [0.15, 0.2) is 0 Å². The fraction of sp³-hybridized carbons (Fsp3) is 0.385. The maximum atomic E-state index is 11.3. The van der Waals surface area contributed by atoms with Gasteiger partial charge in [-0.3, -0.25) is 4.79 Å². The summed E-state index contributed by atoms with van der Waals surface area (Å²) in [5, 5.41) is 10.7. The zero-order valence-corrected chi connectivity index (χ0v) is 14.5. The molecule has 0 spiro atoms. The first kappa shape index (κ1) is 20.4. The molecule has 0 saturated heterocycles. The van der Waals surface area contributed by atoms with Crippen molar-refractivity contribution in [2.24, 2.45) is 0 Å². The van der Waals surface area contributed by atoms with Crippen LogP contribution in [0, 0.1) is 0 Å². The summed E-state index contributed by atoms with van der Waals surface area (Å²) in [5.74, 6) is -0.417. The van der Waals surface area contributed by atoms with E-state index in [1.807, 2.05) is 6.92 Å². The third kappa shape index (κ3) is 7.99. The van der Waals surface area contributed by atoms with E-state index in [0.29, 0.717) is 12.1 Å². The minimum atomic E-state index is -4.83. The Morgan fingerprint density at radius 1 is 1.36 bits per heavy atom. The molecule has 1 aromatic rings. The number of carbonyl (C=O) groups excluding carboxylic acids is 2. The molecule has 3 N–H and O–H groups in total. The molecule has 0 aliphatic carbocycles. The maximum absolute atomic E-state index is 11.3. The van der Waals surface area contributed by atoms with Crippen molar-refractivity contribution in [1.29, 1.82) is 0 Å². The second kappa shape index (κ2) is 10.2. The maximum Gasteiger partial charge on any atom is 0.305 e. The molecule has 0 heterocycles. The van der Waals surface area contributed by atoms with E-state index in [4.69, 9.17) is 5.26 Å². The third-order valence-corrected chi connectivity index (χ3v) is 4.70. The van der Waals surface area contributed by atoms with Crippen LogP contribution < -0.4 is 9.67 Å². The monoisotopic (exact) mass is 377 g/mol. The summed E-state index contributed by atoms with van der Waals surface area (Å²) in [6.07, 6.45) is 1.41. The van der Waals surface area contributed by atoms with Crippen LogP contribution in [-0.2, 0) is 21.9 Å². The first-order valence-corrected chi connectivity index (χ1v) is 9.68. The second-order valence-electron chi connectivity index (χ2n) is 4.16. The number of nitrogens with one attached hydrogen (secondary N) is 1. The van der Waals surface area contributed by atoms with E-state index >= 15 is 0 Å². The SMILES string of the molecule is CC(=O)Nc1cccc([As](=O)(O)OO)c1.CCCC(=O)OC. The van der Waals surface area contributed by atoms with Crippen molar-refractivity contribution in [3.63, 3.8) is 0 Å². The summed E-state index contributed by atoms with van der Waals surface area (Å²) in [6.45, 7) is 3.26. The van der Waals surface area contributed by atoms with Crippen LogP contribution >= 0.6 is 0 Å². The number of rotatable bonds is 5. The van der Waals surface area contributed by atoms with Crippen LogP contribution in [-0.4, -0.2) is 42.5 Å².